The fraction of sp³-hybridized carbons (Fsp3) is 0.458. The number of furan rings is 1. The maximum Gasteiger partial charge on any atom is 0.230 e. The smallest absolute Gasteiger partial charge is 0.230 e. The average molecular weight is 441 g/mol. The number of benzene rings is 1. The fourth-order valence-electron chi connectivity index (χ4n) is 3.02. The summed E-state index contributed by atoms with van der Waals surface area (Å²) in [7, 11) is 0. The van der Waals surface area contributed by atoms with E-state index in [1.54, 1.807) is 6.26 Å². The summed E-state index contributed by atoms with van der Waals surface area (Å²) in [6, 6.07) is 12.3. The van der Waals surface area contributed by atoms with E-state index in [1.165, 1.54) is 17.3 Å². The zero-order valence-electron chi connectivity index (χ0n) is 19.2. The van der Waals surface area contributed by atoms with Crippen LogP contribution in [0.15, 0.2) is 52.2 Å². The molecule has 0 aliphatic rings. The lowest BCUT2D eigenvalue weighted by Crippen LogP contribution is -2.37. The van der Waals surface area contributed by atoms with Crippen molar-refractivity contribution in [1.29, 1.82) is 0 Å². The molecular formula is C24H32N4O2S. The molecule has 0 saturated carbocycles. The molecule has 1 atom stereocenters. The molecular weight excluding hydrogens is 408 g/mol. The largest absolute Gasteiger partial charge is 0.467 e. The Hall–Kier alpha value is -2.54. The van der Waals surface area contributed by atoms with Gasteiger partial charge in [0.2, 0.25) is 5.91 Å². The van der Waals surface area contributed by atoms with E-state index in [4.69, 9.17) is 4.42 Å². The highest BCUT2D eigenvalue weighted by atomic mass is 32.2. The van der Waals surface area contributed by atoms with Gasteiger partial charge in [0.25, 0.3) is 0 Å². The number of aromatic nitrogens is 3. The van der Waals surface area contributed by atoms with Crippen molar-refractivity contribution in [2.24, 2.45) is 5.92 Å². The molecule has 1 aromatic carbocycles. The van der Waals surface area contributed by atoms with Crippen LogP contribution in [0.3, 0.4) is 0 Å². The van der Waals surface area contributed by atoms with Crippen LogP contribution < -0.4 is 5.32 Å². The van der Waals surface area contributed by atoms with Crippen LogP contribution in [0.1, 0.15) is 52.9 Å². The van der Waals surface area contributed by atoms with Gasteiger partial charge in [0.15, 0.2) is 11.0 Å². The van der Waals surface area contributed by atoms with Crippen molar-refractivity contribution < 1.29 is 9.21 Å². The topological polar surface area (TPSA) is 73.0 Å². The summed E-state index contributed by atoms with van der Waals surface area (Å²) in [4.78, 5) is 12.4. The molecule has 2 aromatic heterocycles. The van der Waals surface area contributed by atoms with Crippen LogP contribution in [0.4, 0.5) is 0 Å². The lowest BCUT2D eigenvalue weighted by molar-refractivity contribution is -0.119. The molecule has 0 radical (unpaired) electrons. The number of hydrogen-bond donors (Lipinski definition) is 1. The predicted molar refractivity (Wildman–Crippen MR) is 125 cm³/mol. The van der Waals surface area contributed by atoms with E-state index in [-0.39, 0.29) is 23.1 Å². The van der Waals surface area contributed by atoms with Crippen molar-refractivity contribution in [3.63, 3.8) is 0 Å². The molecule has 0 aliphatic heterocycles. The van der Waals surface area contributed by atoms with Gasteiger partial charge in [0.1, 0.15) is 5.76 Å². The third kappa shape index (κ3) is 6.00. The molecule has 6 nitrogen and oxygen atoms in total. The van der Waals surface area contributed by atoms with Crippen LogP contribution in [0.25, 0.3) is 11.4 Å². The summed E-state index contributed by atoms with van der Waals surface area (Å²) in [5, 5.41) is 12.6. The first-order valence-corrected chi connectivity index (χ1v) is 11.6. The second kappa shape index (κ2) is 9.73. The van der Waals surface area contributed by atoms with Crippen molar-refractivity contribution in [2.45, 2.75) is 64.7 Å². The summed E-state index contributed by atoms with van der Waals surface area (Å²) in [5.41, 5.74) is 2.33. The Kier molecular flexibility index (Phi) is 7.26. The number of carbonyl (C=O) groups is 1. The molecule has 7 heteroatoms. The first-order valence-electron chi connectivity index (χ1n) is 10.6. The number of amides is 1. The van der Waals surface area contributed by atoms with Gasteiger partial charge in [-0.05, 0) is 36.0 Å². The van der Waals surface area contributed by atoms with Crippen molar-refractivity contribution >= 4 is 17.7 Å². The predicted octanol–water partition coefficient (Wildman–Crippen LogP) is 5.14. The van der Waals surface area contributed by atoms with Crippen LogP contribution in [0.5, 0.6) is 0 Å². The maximum absolute atomic E-state index is 12.4. The van der Waals surface area contributed by atoms with Gasteiger partial charge < -0.3 is 9.73 Å². The van der Waals surface area contributed by atoms with Crippen LogP contribution in [-0.2, 0) is 16.8 Å². The Labute approximate surface area is 188 Å². The summed E-state index contributed by atoms with van der Waals surface area (Å²) >= 11 is 1.39. The average Bonchev–Trinajstić information content (AvgIpc) is 3.36. The zero-order chi connectivity index (χ0) is 22.6. The number of nitrogens with zero attached hydrogens (tertiary/aromatic N) is 3. The monoisotopic (exact) mass is 440 g/mol. The van der Waals surface area contributed by atoms with Crippen molar-refractivity contribution in [3.05, 3.63) is 54.0 Å². The first-order chi connectivity index (χ1) is 14.6. The quantitative estimate of drug-likeness (QED) is 0.491. The van der Waals surface area contributed by atoms with Crippen LogP contribution in [-0.4, -0.2) is 32.5 Å². The fourth-order valence-corrected chi connectivity index (χ4v) is 3.77. The standard InChI is InChI=1S/C24H32N4O2S/c1-16(2)17(3)25-21(29)15-31-23-27-26-22(28(23)14-20-8-7-13-30-20)18-9-11-19(12-10-18)24(4,5)6/h7-13,16-17H,14-15H2,1-6H3,(H,25,29). The Morgan fingerprint density at radius 3 is 2.42 bits per heavy atom. The Balaban J connectivity index is 1.83. The lowest BCUT2D eigenvalue weighted by atomic mass is 9.87. The van der Waals surface area contributed by atoms with E-state index in [2.05, 4.69) is 74.4 Å². The number of nitrogens with one attached hydrogen (secondary N) is 1. The molecule has 1 N–H and O–H groups in total. The van der Waals surface area contributed by atoms with Gasteiger partial charge in [-0.15, -0.1) is 10.2 Å². The number of hydrogen-bond acceptors (Lipinski definition) is 5. The third-order valence-electron chi connectivity index (χ3n) is 5.34. The second-order valence-electron chi connectivity index (χ2n) is 9.19. The molecule has 2 heterocycles. The summed E-state index contributed by atoms with van der Waals surface area (Å²) in [6.07, 6.45) is 1.66. The summed E-state index contributed by atoms with van der Waals surface area (Å²) in [6.45, 7) is 13.3. The summed E-state index contributed by atoms with van der Waals surface area (Å²) < 4.78 is 7.56. The van der Waals surface area contributed by atoms with E-state index in [1.807, 2.05) is 23.6 Å². The number of rotatable bonds is 8. The minimum Gasteiger partial charge on any atom is -0.467 e. The highest BCUT2D eigenvalue weighted by Crippen LogP contribution is 2.28. The minimum absolute atomic E-state index is 0.00479. The first kappa shape index (κ1) is 23.1. The van der Waals surface area contributed by atoms with Crippen molar-refractivity contribution in [3.8, 4) is 11.4 Å². The summed E-state index contributed by atoms with van der Waals surface area (Å²) in [5.74, 6) is 2.24. The number of thioether (sulfide) groups is 1. The van der Waals surface area contributed by atoms with E-state index in [0.29, 0.717) is 17.6 Å². The van der Waals surface area contributed by atoms with Gasteiger partial charge in [-0.3, -0.25) is 9.36 Å². The molecule has 166 valence electrons. The van der Waals surface area contributed by atoms with Crippen molar-refractivity contribution in [2.75, 3.05) is 5.75 Å². The minimum atomic E-state index is -0.00479. The van der Waals surface area contributed by atoms with E-state index in [9.17, 15) is 4.79 Å². The van der Waals surface area contributed by atoms with Crippen LogP contribution in [0, 0.1) is 5.92 Å². The highest BCUT2D eigenvalue weighted by Gasteiger charge is 2.19. The Morgan fingerprint density at radius 1 is 1.13 bits per heavy atom. The van der Waals surface area contributed by atoms with Gasteiger partial charge in [-0.2, -0.15) is 0 Å². The Bertz CT molecular complexity index is 986. The second-order valence-corrected chi connectivity index (χ2v) is 10.1. The van der Waals surface area contributed by atoms with Gasteiger partial charge in [0.05, 0.1) is 18.6 Å². The SMILES string of the molecule is CC(C)C(C)NC(=O)CSc1nnc(-c2ccc(C(C)(C)C)cc2)n1Cc1ccco1. The van der Waals surface area contributed by atoms with E-state index in [0.717, 1.165) is 17.1 Å². The molecule has 3 aromatic rings. The molecule has 31 heavy (non-hydrogen) atoms. The molecule has 0 fully saturated rings. The Morgan fingerprint density at radius 2 is 1.84 bits per heavy atom. The molecule has 0 saturated heterocycles. The normalized spacial score (nSPS) is 12.9. The van der Waals surface area contributed by atoms with E-state index >= 15 is 0 Å². The molecule has 0 spiro atoms. The maximum atomic E-state index is 12.4. The van der Waals surface area contributed by atoms with Crippen LogP contribution >= 0.6 is 11.8 Å². The lowest BCUT2D eigenvalue weighted by Gasteiger charge is -2.19. The number of carbonyl (C=O) groups excluding carboxylic acids is 1. The van der Waals surface area contributed by atoms with Gasteiger partial charge in [0, 0.05) is 11.6 Å². The molecule has 0 aliphatic carbocycles. The molecule has 3 rings (SSSR count). The van der Waals surface area contributed by atoms with Gasteiger partial charge >= 0.3 is 0 Å². The molecule has 0 bridgehead atoms. The molecule has 1 amide bonds. The van der Waals surface area contributed by atoms with Gasteiger partial charge in [-0.1, -0.05) is 70.6 Å². The zero-order valence-corrected chi connectivity index (χ0v) is 20.0. The third-order valence-corrected chi connectivity index (χ3v) is 6.31. The van der Waals surface area contributed by atoms with Crippen LogP contribution in [0.2, 0.25) is 0 Å². The molecule has 1 unspecified atom stereocenters. The van der Waals surface area contributed by atoms with E-state index < -0.39 is 0 Å². The highest BCUT2D eigenvalue weighted by molar-refractivity contribution is 7.99. The van der Waals surface area contributed by atoms with Crippen molar-refractivity contribution in [1.82, 2.24) is 20.1 Å². The van der Waals surface area contributed by atoms with Gasteiger partial charge in [-0.25, -0.2) is 0 Å².